The van der Waals surface area contributed by atoms with Gasteiger partial charge >= 0.3 is 5.97 Å². The first-order valence-electron chi connectivity index (χ1n) is 10.8. The quantitative estimate of drug-likeness (QED) is 0.288. The monoisotopic (exact) mass is 405 g/mol. The lowest BCUT2D eigenvalue weighted by Crippen LogP contribution is -2.25. The number of nitrogens with two attached hydrogens (primary N) is 2. The van der Waals surface area contributed by atoms with Gasteiger partial charge in [-0.15, -0.1) is 0 Å². The van der Waals surface area contributed by atoms with Gasteiger partial charge in [0.2, 0.25) is 0 Å². The topological polar surface area (TPSA) is 150 Å². The fraction of sp³-hybridized carbons (Fsp3) is 0.905. The normalized spacial score (nSPS) is 10.9. The Balaban J connectivity index is -0.000000513. The number of carboxylic acid groups (broad SMARTS) is 2. The molecule has 0 aliphatic carbocycles. The summed E-state index contributed by atoms with van der Waals surface area (Å²) < 4.78 is 0. The number of carbonyl (C=O) groups is 2. The molecule has 0 aromatic carbocycles. The first kappa shape index (κ1) is 31.5. The van der Waals surface area contributed by atoms with Gasteiger partial charge in [-0.2, -0.15) is 0 Å². The van der Waals surface area contributed by atoms with E-state index in [1.54, 1.807) is 0 Å². The van der Waals surface area contributed by atoms with E-state index in [-0.39, 0.29) is 13.0 Å². The molecule has 0 aliphatic rings. The van der Waals surface area contributed by atoms with Crippen LogP contribution in [0.15, 0.2) is 0 Å². The van der Waals surface area contributed by atoms with Crippen molar-refractivity contribution < 1.29 is 24.9 Å². The minimum Gasteiger partial charge on any atom is -0.550 e. The first-order valence-corrected chi connectivity index (χ1v) is 10.8. The molecule has 7 nitrogen and oxygen atoms in total. The molecule has 0 aliphatic heterocycles. The second-order valence-electron chi connectivity index (χ2n) is 7.00. The second kappa shape index (κ2) is 28.0. The van der Waals surface area contributed by atoms with Crippen molar-refractivity contribution in [1.82, 2.24) is 0 Å². The van der Waals surface area contributed by atoms with Crippen LogP contribution in [0, 0.1) is 0 Å². The molecule has 0 heterocycles. The Morgan fingerprint density at radius 3 is 1.36 bits per heavy atom. The molecule has 0 spiro atoms. The van der Waals surface area contributed by atoms with E-state index in [1.165, 1.54) is 77.6 Å². The number of carboxylic acids is 2. The highest BCUT2D eigenvalue weighted by atomic mass is 16.4. The maximum atomic E-state index is 10.2. The lowest BCUT2D eigenvalue weighted by molar-refractivity contribution is -0.305. The van der Waals surface area contributed by atoms with Crippen molar-refractivity contribution in [2.45, 2.75) is 110 Å². The number of unbranched alkanes of at least 4 members (excludes halogenated alkanes) is 12. The molecular weight excluding hydrogens is 360 g/mol. The Labute approximate surface area is 171 Å². The largest absolute Gasteiger partial charge is 0.550 e. The van der Waals surface area contributed by atoms with E-state index in [4.69, 9.17) is 21.7 Å². The van der Waals surface area contributed by atoms with Crippen LogP contribution in [0.25, 0.3) is 0 Å². The Hall–Kier alpha value is -1.18. The fourth-order valence-electron chi connectivity index (χ4n) is 2.29. The van der Waals surface area contributed by atoms with Gasteiger partial charge in [-0.1, -0.05) is 84.0 Å². The molecule has 28 heavy (non-hydrogen) atoms. The van der Waals surface area contributed by atoms with E-state index in [1.807, 2.05) is 0 Å². The van der Waals surface area contributed by atoms with Crippen LogP contribution in [0.2, 0.25) is 0 Å². The fourth-order valence-corrected chi connectivity index (χ4v) is 2.29. The second-order valence-corrected chi connectivity index (χ2v) is 7.00. The predicted molar refractivity (Wildman–Crippen MR) is 113 cm³/mol. The van der Waals surface area contributed by atoms with Crippen molar-refractivity contribution in [2.75, 3.05) is 13.2 Å². The van der Waals surface area contributed by atoms with Gasteiger partial charge in [0.15, 0.2) is 0 Å². The zero-order chi connectivity index (χ0) is 22.0. The van der Waals surface area contributed by atoms with Crippen LogP contribution in [0.5, 0.6) is 0 Å². The average molecular weight is 406 g/mol. The Bertz CT molecular complexity index is 324. The summed E-state index contributed by atoms with van der Waals surface area (Å²) in [5, 5.41) is 25.8. The summed E-state index contributed by atoms with van der Waals surface area (Å²) in [5.41, 5.74) is 9.61. The first-order chi connectivity index (χ1) is 13.3. The van der Waals surface area contributed by atoms with Crippen LogP contribution in [0.3, 0.4) is 0 Å². The maximum absolute atomic E-state index is 10.2. The molecule has 0 radical (unpaired) electrons. The summed E-state index contributed by atoms with van der Waals surface area (Å²) in [6, 6.07) is -0.731. The summed E-state index contributed by atoms with van der Waals surface area (Å²) in [5.74, 6) is -1.87. The van der Waals surface area contributed by atoms with Crippen molar-refractivity contribution in [1.29, 1.82) is 0 Å². The minimum absolute atomic E-state index is 0.0972. The number of hydrogen-bond acceptors (Lipinski definition) is 6. The molecule has 0 unspecified atom stereocenters. The zero-order valence-electron chi connectivity index (χ0n) is 18.2. The molecule has 6 N–H and O–H groups in total. The summed E-state index contributed by atoms with van der Waals surface area (Å²) in [7, 11) is 0. The molecule has 170 valence electrons. The highest BCUT2D eigenvalue weighted by Gasteiger charge is 1.99. The zero-order valence-corrected chi connectivity index (χ0v) is 18.2. The highest BCUT2D eigenvalue weighted by Crippen LogP contribution is 2.12. The Morgan fingerprint density at radius 1 is 0.857 bits per heavy atom. The van der Waals surface area contributed by atoms with Gasteiger partial charge in [-0.25, -0.2) is 0 Å². The van der Waals surface area contributed by atoms with Gasteiger partial charge in [-0.3, -0.25) is 4.79 Å². The van der Waals surface area contributed by atoms with Crippen LogP contribution in [0.4, 0.5) is 0 Å². The molecule has 0 aromatic rings. The SMILES string of the molecule is CCCCCCCCCCCCCCCC(=O)[O-].C[C@H](N)C(=O)O.NCCO. The van der Waals surface area contributed by atoms with Gasteiger partial charge in [0.05, 0.1) is 6.61 Å². The molecule has 0 saturated heterocycles. The number of hydrogen-bond donors (Lipinski definition) is 4. The lowest BCUT2D eigenvalue weighted by Gasteiger charge is -2.03. The Kier molecular flexibility index (Phi) is 31.6. The number of aliphatic hydroxyl groups is 1. The average Bonchev–Trinajstić information content (AvgIpc) is 2.66. The van der Waals surface area contributed by atoms with E-state index in [9.17, 15) is 14.7 Å². The molecule has 0 fully saturated rings. The third kappa shape index (κ3) is 39.8. The third-order valence-corrected chi connectivity index (χ3v) is 4.00. The molecule has 1 atom stereocenters. The van der Waals surface area contributed by atoms with E-state index in [2.05, 4.69) is 6.92 Å². The molecule has 0 aromatic heterocycles. The van der Waals surface area contributed by atoms with Gasteiger partial charge in [0.25, 0.3) is 0 Å². The predicted octanol–water partition coefficient (Wildman–Crippen LogP) is 2.57. The van der Waals surface area contributed by atoms with Crippen molar-refractivity contribution >= 4 is 11.9 Å². The summed E-state index contributed by atoms with van der Waals surface area (Å²) in [6.07, 6.45) is 16.9. The number of aliphatic carboxylic acids is 2. The Morgan fingerprint density at radius 2 is 1.14 bits per heavy atom. The summed E-state index contributed by atoms with van der Waals surface area (Å²) in [4.78, 5) is 19.8. The van der Waals surface area contributed by atoms with Crippen LogP contribution in [-0.4, -0.2) is 41.3 Å². The number of rotatable bonds is 16. The van der Waals surface area contributed by atoms with E-state index < -0.39 is 18.0 Å². The summed E-state index contributed by atoms with van der Waals surface area (Å²) >= 11 is 0. The van der Waals surface area contributed by atoms with Crippen LogP contribution >= 0.6 is 0 Å². The number of aliphatic hydroxyl groups excluding tert-OH is 1. The van der Waals surface area contributed by atoms with E-state index in [0.29, 0.717) is 6.54 Å². The highest BCUT2D eigenvalue weighted by molar-refractivity contribution is 5.72. The maximum Gasteiger partial charge on any atom is 0.320 e. The van der Waals surface area contributed by atoms with Crippen molar-refractivity contribution in [2.24, 2.45) is 11.5 Å². The van der Waals surface area contributed by atoms with Gasteiger partial charge in [0, 0.05) is 12.5 Å². The smallest absolute Gasteiger partial charge is 0.320 e. The summed E-state index contributed by atoms with van der Waals surface area (Å²) in [6.45, 7) is 4.15. The van der Waals surface area contributed by atoms with Crippen molar-refractivity contribution in [3.8, 4) is 0 Å². The standard InChI is InChI=1S/C16H32O2.C3H7NO2.C2H7NO/c1-2-3-4-5-6-7-8-9-10-11-12-13-14-15-16(17)18;1-2(4)3(5)6;3-1-2-4/h2-15H2,1H3,(H,17,18);2H,4H2,1H3,(H,5,6);4H,1-3H2/p-1/t;2-;/m.0./s1. The molecule has 0 rings (SSSR count). The van der Waals surface area contributed by atoms with Crippen molar-refractivity contribution in [3.05, 3.63) is 0 Å². The van der Waals surface area contributed by atoms with E-state index >= 15 is 0 Å². The van der Waals surface area contributed by atoms with E-state index in [0.717, 1.165) is 12.8 Å². The van der Waals surface area contributed by atoms with Gasteiger partial charge in [0.1, 0.15) is 6.04 Å². The number of carbonyl (C=O) groups excluding carboxylic acids is 1. The molecule has 0 saturated carbocycles. The van der Waals surface area contributed by atoms with Crippen molar-refractivity contribution in [3.63, 3.8) is 0 Å². The van der Waals surface area contributed by atoms with Gasteiger partial charge in [-0.05, 0) is 19.8 Å². The van der Waals surface area contributed by atoms with Crippen LogP contribution in [0.1, 0.15) is 104 Å². The van der Waals surface area contributed by atoms with Gasteiger partial charge < -0.3 is 31.6 Å². The molecule has 0 amide bonds. The molecule has 0 bridgehead atoms. The lowest BCUT2D eigenvalue weighted by atomic mass is 10.0. The molecule has 7 heteroatoms. The van der Waals surface area contributed by atoms with Crippen LogP contribution < -0.4 is 16.6 Å². The third-order valence-electron chi connectivity index (χ3n) is 4.00. The minimum atomic E-state index is -0.963. The molecular formula is C21H45N2O5-. The van der Waals surface area contributed by atoms with Crippen LogP contribution in [-0.2, 0) is 9.59 Å².